The van der Waals surface area contributed by atoms with Crippen molar-refractivity contribution in [3.05, 3.63) is 0 Å². The molecule has 0 heterocycles. The number of nitrogens with two attached hydrogens (primary N) is 1. The van der Waals surface area contributed by atoms with Crippen molar-refractivity contribution in [1.82, 2.24) is 16.0 Å². The van der Waals surface area contributed by atoms with E-state index in [2.05, 4.69) is 41.2 Å². The van der Waals surface area contributed by atoms with Gasteiger partial charge in [-0.1, -0.05) is 0 Å². The lowest BCUT2D eigenvalue weighted by Crippen LogP contribution is -2.54. The second-order valence-corrected chi connectivity index (χ2v) is 6.71. The molecule has 0 saturated heterocycles. The number of carboxylic acids is 1. The molecule has 0 aliphatic heterocycles. The average molecular weight is 413 g/mol. The molecule has 0 aromatic carbocycles. The van der Waals surface area contributed by atoms with E-state index in [1.807, 2.05) is 6.26 Å². The van der Waals surface area contributed by atoms with Crippen LogP contribution in [0.2, 0.25) is 0 Å². The number of thiol groups is 2. The van der Waals surface area contributed by atoms with Crippen LogP contribution in [-0.4, -0.2) is 77.0 Å². The van der Waals surface area contributed by atoms with E-state index >= 15 is 0 Å². The summed E-state index contributed by atoms with van der Waals surface area (Å²) >= 11 is 9.35. The summed E-state index contributed by atoms with van der Waals surface area (Å²) in [6, 6.07) is -2.93. The number of carbonyl (C=O) groups is 4. The van der Waals surface area contributed by atoms with Crippen molar-refractivity contribution in [2.75, 3.05) is 30.1 Å². The molecular weight excluding hydrogens is 388 g/mol. The van der Waals surface area contributed by atoms with Crippen LogP contribution in [0.1, 0.15) is 6.42 Å². The maximum absolute atomic E-state index is 12.0. The molecule has 0 fully saturated rings. The lowest BCUT2D eigenvalue weighted by atomic mass is 10.2. The normalized spacial score (nSPS) is 14.1. The summed E-state index contributed by atoms with van der Waals surface area (Å²) in [4.78, 5) is 46.4. The third-order valence-corrected chi connectivity index (χ3v) is 4.40. The van der Waals surface area contributed by atoms with Crippen LogP contribution < -0.4 is 21.7 Å². The predicted molar refractivity (Wildman–Crippen MR) is 103 cm³/mol. The molecule has 0 aromatic heterocycles. The topological polar surface area (TPSA) is 151 Å². The average Bonchev–Trinajstić information content (AvgIpc) is 2.59. The number of thioether (sulfide) groups is 1. The summed E-state index contributed by atoms with van der Waals surface area (Å²) in [6.45, 7) is -0.349. The van der Waals surface area contributed by atoms with Crippen LogP contribution in [0.4, 0.5) is 0 Å². The third-order valence-electron chi connectivity index (χ3n) is 3.02. The predicted octanol–water partition coefficient (Wildman–Crippen LogP) is -1.90. The van der Waals surface area contributed by atoms with E-state index in [1.165, 1.54) is 0 Å². The van der Waals surface area contributed by atoms with Crippen molar-refractivity contribution < 1.29 is 24.3 Å². The summed E-state index contributed by atoms with van der Waals surface area (Å²) in [5, 5.41) is 15.9. The first-order chi connectivity index (χ1) is 11.8. The minimum atomic E-state index is -1.24. The van der Waals surface area contributed by atoms with Gasteiger partial charge in [-0.15, -0.1) is 0 Å². The smallest absolute Gasteiger partial charge is 0.327 e. The number of carbonyl (C=O) groups excluding carboxylic acids is 3. The van der Waals surface area contributed by atoms with Gasteiger partial charge >= 0.3 is 5.97 Å². The molecule has 0 aliphatic rings. The molecule has 0 bridgehead atoms. The van der Waals surface area contributed by atoms with E-state index < -0.39 is 41.8 Å². The van der Waals surface area contributed by atoms with Gasteiger partial charge in [-0.25, -0.2) is 4.79 Å². The van der Waals surface area contributed by atoms with Gasteiger partial charge in [0.25, 0.3) is 0 Å². The van der Waals surface area contributed by atoms with E-state index in [-0.39, 0.29) is 18.1 Å². The highest BCUT2D eigenvalue weighted by Crippen LogP contribution is 1.98. The summed E-state index contributed by atoms with van der Waals surface area (Å²) in [7, 11) is 0. The van der Waals surface area contributed by atoms with Gasteiger partial charge < -0.3 is 26.8 Å². The first kappa shape index (κ1) is 23.9. The van der Waals surface area contributed by atoms with Crippen LogP contribution in [0, 0.1) is 0 Å². The highest BCUT2D eigenvalue weighted by molar-refractivity contribution is 7.98. The Balaban J connectivity index is 4.42. The molecule has 9 nitrogen and oxygen atoms in total. The Hall–Kier alpha value is -1.11. The molecule has 3 atom stereocenters. The number of nitrogens with one attached hydrogen (secondary N) is 3. The lowest BCUT2D eigenvalue weighted by Gasteiger charge is -2.19. The number of hydrogen-bond acceptors (Lipinski definition) is 8. The highest BCUT2D eigenvalue weighted by atomic mass is 32.2. The zero-order chi connectivity index (χ0) is 19.4. The van der Waals surface area contributed by atoms with E-state index in [0.29, 0.717) is 6.42 Å². The molecule has 12 heteroatoms. The van der Waals surface area contributed by atoms with E-state index in [4.69, 9.17) is 10.8 Å². The summed E-state index contributed by atoms with van der Waals surface area (Å²) in [5.41, 5.74) is 5.67. The molecule has 0 rings (SSSR count). The van der Waals surface area contributed by atoms with Crippen molar-refractivity contribution in [3.63, 3.8) is 0 Å². The van der Waals surface area contributed by atoms with Crippen molar-refractivity contribution >= 4 is 60.7 Å². The lowest BCUT2D eigenvalue weighted by molar-refractivity contribution is -0.141. The molecule has 0 aromatic rings. The third kappa shape index (κ3) is 9.82. The zero-order valence-corrected chi connectivity index (χ0v) is 16.3. The Morgan fingerprint density at radius 1 is 1.08 bits per heavy atom. The maximum atomic E-state index is 12.0. The first-order valence-corrected chi connectivity index (χ1v) is 9.99. The molecular formula is C13H24N4O5S3. The van der Waals surface area contributed by atoms with Gasteiger partial charge in [-0.2, -0.15) is 37.0 Å². The van der Waals surface area contributed by atoms with Crippen LogP contribution in [0.15, 0.2) is 0 Å². The molecule has 6 N–H and O–H groups in total. The van der Waals surface area contributed by atoms with Gasteiger partial charge in [0.1, 0.15) is 12.1 Å². The summed E-state index contributed by atoms with van der Waals surface area (Å²) in [5.74, 6) is -2.43. The largest absolute Gasteiger partial charge is 0.480 e. The number of amides is 3. The van der Waals surface area contributed by atoms with Crippen molar-refractivity contribution in [3.8, 4) is 0 Å². The molecule has 0 spiro atoms. The highest BCUT2D eigenvalue weighted by Gasteiger charge is 2.25. The minimum Gasteiger partial charge on any atom is -0.480 e. The van der Waals surface area contributed by atoms with Gasteiger partial charge in [-0.05, 0) is 18.4 Å². The minimum absolute atomic E-state index is 0.0440. The quantitative estimate of drug-likeness (QED) is 0.185. The van der Waals surface area contributed by atoms with Gasteiger partial charge in [-0.3, -0.25) is 14.4 Å². The van der Waals surface area contributed by atoms with Crippen molar-refractivity contribution in [2.24, 2.45) is 5.73 Å². The molecule has 144 valence electrons. The Morgan fingerprint density at radius 3 is 2.16 bits per heavy atom. The Labute approximate surface area is 161 Å². The van der Waals surface area contributed by atoms with E-state index in [1.54, 1.807) is 11.8 Å². The second kappa shape index (κ2) is 13.1. The Bertz CT molecular complexity index is 481. The van der Waals surface area contributed by atoms with E-state index in [0.717, 1.165) is 5.75 Å². The fourth-order valence-corrected chi connectivity index (χ4v) is 2.57. The molecule has 25 heavy (non-hydrogen) atoms. The van der Waals surface area contributed by atoms with Gasteiger partial charge in [0.2, 0.25) is 17.7 Å². The van der Waals surface area contributed by atoms with Crippen molar-refractivity contribution in [1.29, 1.82) is 0 Å². The van der Waals surface area contributed by atoms with Gasteiger partial charge in [0, 0.05) is 11.5 Å². The monoisotopic (exact) mass is 412 g/mol. The maximum Gasteiger partial charge on any atom is 0.327 e. The van der Waals surface area contributed by atoms with Gasteiger partial charge in [0.05, 0.1) is 12.6 Å². The first-order valence-electron chi connectivity index (χ1n) is 7.33. The standard InChI is InChI=1S/C13H24N4O5S3/c1-25-3-2-7(14)11(19)15-4-10(18)16-8(5-23)12(20)17-9(6-24)13(21)22/h7-9,23-24H,2-6,14H2,1H3,(H,15,19)(H,16,18)(H,17,20)(H,21,22). The fourth-order valence-electron chi connectivity index (χ4n) is 1.57. The number of carboxylic acid groups (broad SMARTS) is 1. The Morgan fingerprint density at radius 2 is 1.68 bits per heavy atom. The number of rotatable bonds is 12. The number of hydrogen-bond donors (Lipinski definition) is 7. The summed E-state index contributed by atoms with van der Waals surface area (Å²) in [6.07, 6.45) is 2.37. The second-order valence-electron chi connectivity index (χ2n) is 4.99. The van der Waals surface area contributed by atoms with Crippen LogP contribution in [-0.2, 0) is 19.2 Å². The van der Waals surface area contributed by atoms with Crippen LogP contribution in [0.5, 0.6) is 0 Å². The van der Waals surface area contributed by atoms with Crippen LogP contribution in [0.3, 0.4) is 0 Å². The zero-order valence-electron chi connectivity index (χ0n) is 13.7. The van der Waals surface area contributed by atoms with Crippen LogP contribution in [0.25, 0.3) is 0 Å². The molecule has 3 unspecified atom stereocenters. The fraction of sp³-hybridized carbons (Fsp3) is 0.692. The SMILES string of the molecule is CSCCC(N)C(=O)NCC(=O)NC(CS)C(=O)NC(CS)C(=O)O. The van der Waals surface area contributed by atoms with Gasteiger partial charge in [0.15, 0.2) is 0 Å². The Kier molecular flexibility index (Phi) is 12.6. The number of aliphatic carboxylic acids is 1. The van der Waals surface area contributed by atoms with E-state index in [9.17, 15) is 19.2 Å². The summed E-state index contributed by atoms with van der Waals surface area (Å²) < 4.78 is 0. The molecule has 0 saturated carbocycles. The van der Waals surface area contributed by atoms with Crippen molar-refractivity contribution in [2.45, 2.75) is 24.5 Å². The molecule has 3 amide bonds. The molecule has 0 radical (unpaired) electrons. The molecule has 0 aliphatic carbocycles. The van der Waals surface area contributed by atoms with Crippen LogP contribution >= 0.6 is 37.0 Å².